The normalized spacial score (nSPS) is 22.4. The van der Waals surface area contributed by atoms with Gasteiger partial charge in [0.2, 0.25) is 5.91 Å². The van der Waals surface area contributed by atoms with Crippen molar-refractivity contribution in [3.05, 3.63) is 0 Å². The molecule has 1 rings (SSSR count). The Morgan fingerprint density at radius 1 is 1.24 bits per heavy atom. The number of rotatable bonds is 6. The molecule has 21 heavy (non-hydrogen) atoms. The van der Waals surface area contributed by atoms with Crippen LogP contribution in [0.5, 0.6) is 0 Å². The molecule has 0 unspecified atom stereocenters. The van der Waals surface area contributed by atoms with E-state index in [1.165, 1.54) is 0 Å². The van der Waals surface area contributed by atoms with Crippen molar-refractivity contribution in [1.29, 1.82) is 0 Å². The van der Waals surface area contributed by atoms with Crippen LogP contribution in [0.15, 0.2) is 0 Å². The van der Waals surface area contributed by atoms with E-state index >= 15 is 0 Å². The van der Waals surface area contributed by atoms with Crippen molar-refractivity contribution in [1.82, 2.24) is 4.90 Å². The number of carbonyl (C=O) groups excluding carboxylic acids is 1. The lowest BCUT2D eigenvalue weighted by atomic mass is 9.80. The summed E-state index contributed by atoms with van der Waals surface area (Å²) in [5.74, 6) is -1.54. The van der Waals surface area contributed by atoms with E-state index in [1.807, 2.05) is 20.8 Å². The van der Waals surface area contributed by atoms with Gasteiger partial charge in [0.25, 0.3) is 0 Å². The second kappa shape index (κ2) is 7.27. The zero-order valence-corrected chi connectivity index (χ0v) is 13.1. The molecule has 0 spiro atoms. The highest BCUT2D eigenvalue weighted by molar-refractivity contribution is 6.40. The molecule has 1 heterocycles. The summed E-state index contributed by atoms with van der Waals surface area (Å²) in [6, 6.07) is 0. The summed E-state index contributed by atoms with van der Waals surface area (Å²) in [6.07, 6.45) is 1.78. The van der Waals surface area contributed by atoms with Crippen molar-refractivity contribution >= 4 is 19.0 Å². The highest BCUT2D eigenvalue weighted by atomic mass is 16.4. The zero-order chi connectivity index (χ0) is 16.2. The van der Waals surface area contributed by atoms with E-state index in [9.17, 15) is 14.7 Å². The molecule has 6 nitrogen and oxygen atoms in total. The van der Waals surface area contributed by atoms with E-state index in [4.69, 9.17) is 10.0 Å². The molecule has 1 amide bonds. The number of likely N-dealkylation sites (tertiary alicyclic amines) is 1. The molecule has 3 N–H and O–H groups in total. The molecule has 1 aliphatic heterocycles. The first kappa shape index (κ1) is 18.0. The number of aliphatic carboxylic acids is 1. The largest absolute Gasteiger partial charge is 0.481 e. The summed E-state index contributed by atoms with van der Waals surface area (Å²) >= 11 is 0. The molecule has 0 saturated carbocycles. The predicted octanol–water partition coefficient (Wildman–Crippen LogP) is 0.835. The third-order valence-corrected chi connectivity index (χ3v) is 3.83. The molecule has 1 aliphatic rings. The second-order valence-corrected chi connectivity index (χ2v) is 7.15. The van der Waals surface area contributed by atoms with Gasteiger partial charge >= 0.3 is 13.1 Å². The van der Waals surface area contributed by atoms with Gasteiger partial charge in [-0.05, 0) is 24.1 Å². The third kappa shape index (κ3) is 6.05. The molecule has 0 bridgehead atoms. The van der Waals surface area contributed by atoms with E-state index in [1.54, 1.807) is 4.90 Å². The SMILES string of the molecule is CC(C)(C)CC(=O)N1C[C@H](CCCB(O)O)[C@H](C(=O)O)C1. The van der Waals surface area contributed by atoms with Crippen molar-refractivity contribution in [2.24, 2.45) is 17.3 Å². The minimum absolute atomic E-state index is 0.00144. The first-order chi connectivity index (χ1) is 9.60. The van der Waals surface area contributed by atoms with Gasteiger partial charge in [-0.15, -0.1) is 0 Å². The quantitative estimate of drug-likeness (QED) is 0.631. The van der Waals surface area contributed by atoms with Gasteiger partial charge in [-0.3, -0.25) is 9.59 Å². The van der Waals surface area contributed by atoms with Crippen molar-refractivity contribution in [2.75, 3.05) is 13.1 Å². The average Bonchev–Trinajstić information content (AvgIpc) is 2.70. The van der Waals surface area contributed by atoms with Crippen molar-refractivity contribution in [3.8, 4) is 0 Å². The van der Waals surface area contributed by atoms with E-state index < -0.39 is 19.0 Å². The van der Waals surface area contributed by atoms with Crippen LogP contribution in [-0.4, -0.2) is 52.1 Å². The Morgan fingerprint density at radius 3 is 2.33 bits per heavy atom. The Bertz CT molecular complexity index is 380. The minimum Gasteiger partial charge on any atom is -0.481 e. The van der Waals surface area contributed by atoms with Crippen LogP contribution >= 0.6 is 0 Å². The van der Waals surface area contributed by atoms with Crippen molar-refractivity contribution in [3.63, 3.8) is 0 Å². The van der Waals surface area contributed by atoms with Crippen molar-refractivity contribution < 1.29 is 24.7 Å². The topological polar surface area (TPSA) is 98.1 Å². The van der Waals surface area contributed by atoms with E-state index in [2.05, 4.69) is 0 Å². The Hall–Kier alpha value is -1.08. The van der Waals surface area contributed by atoms with Crippen LogP contribution in [0, 0.1) is 17.3 Å². The van der Waals surface area contributed by atoms with Gasteiger partial charge in [0.1, 0.15) is 0 Å². The van der Waals surface area contributed by atoms with E-state index in [0.717, 1.165) is 0 Å². The lowest BCUT2D eigenvalue weighted by Crippen LogP contribution is -2.32. The highest BCUT2D eigenvalue weighted by Gasteiger charge is 2.39. The van der Waals surface area contributed by atoms with Crippen LogP contribution in [-0.2, 0) is 9.59 Å². The standard InChI is InChI=1S/C14H26BNO5/c1-14(2,3)7-12(17)16-8-10(5-4-6-15(20)21)11(9-16)13(18)19/h10-11,20-21H,4-9H2,1-3H3,(H,18,19)/t10-,11+/m0/s1. The van der Waals surface area contributed by atoms with Gasteiger partial charge in [0.05, 0.1) is 5.92 Å². The molecule has 0 radical (unpaired) electrons. The summed E-state index contributed by atoms with van der Waals surface area (Å²) in [5, 5.41) is 27.0. The van der Waals surface area contributed by atoms with Crippen LogP contribution in [0.1, 0.15) is 40.0 Å². The maximum atomic E-state index is 12.2. The Kier molecular flexibility index (Phi) is 6.22. The third-order valence-electron chi connectivity index (χ3n) is 3.83. The predicted molar refractivity (Wildman–Crippen MR) is 79.5 cm³/mol. The van der Waals surface area contributed by atoms with Crippen LogP contribution in [0.4, 0.5) is 0 Å². The van der Waals surface area contributed by atoms with Gasteiger partial charge in [-0.2, -0.15) is 0 Å². The Labute approximate surface area is 126 Å². The van der Waals surface area contributed by atoms with Crippen LogP contribution in [0.25, 0.3) is 0 Å². The maximum Gasteiger partial charge on any atom is 0.451 e. The molecule has 7 heteroatoms. The zero-order valence-electron chi connectivity index (χ0n) is 13.1. The summed E-state index contributed by atoms with van der Waals surface area (Å²) in [6.45, 7) is 6.66. The van der Waals surface area contributed by atoms with E-state index in [0.29, 0.717) is 25.8 Å². The van der Waals surface area contributed by atoms with Gasteiger partial charge in [0.15, 0.2) is 0 Å². The summed E-state index contributed by atoms with van der Waals surface area (Å²) in [5.41, 5.74) is -0.116. The molecule has 120 valence electrons. The van der Waals surface area contributed by atoms with E-state index in [-0.39, 0.29) is 30.1 Å². The first-order valence-corrected chi connectivity index (χ1v) is 7.47. The lowest BCUT2D eigenvalue weighted by Gasteiger charge is -2.23. The molecular weight excluding hydrogens is 273 g/mol. The van der Waals surface area contributed by atoms with Crippen LogP contribution < -0.4 is 0 Å². The van der Waals surface area contributed by atoms with Gasteiger partial charge in [-0.25, -0.2) is 0 Å². The monoisotopic (exact) mass is 299 g/mol. The van der Waals surface area contributed by atoms with Crippen LogP contribution in [0.3, 0.4) is 0 Å². The number of hydrogen-bond donors (Lipinski definition) is 3. The molecule has 1 fully saturated rings. The fourth-order valence-electron chi connectivity index (χ4n) is 2.78. The van der Waals surface area contributed by atoms with Gasteiger partial charge in [0, 0.05) is 19.5 Å². The lowest BCUT2D eigenvalue weighted by molar-refractivity contribution is -0.142. The maximum absolute atomic E-state index is 12.2. The van der Waals surface area contributed by atoms with Crippen LogP contribution in [0.2, 0.25) is 6.32 Å². The number of nitrogens with zero attached hydrogens (tertiary/aromatic N) is 1. The number of carboxylic acids is 1. The minimum atomic E-state index is -1.35. The van der Waals surface area contributed by atoms with Gasteiger partial charge < -0.3 is 20.1 Å². The second-order valence-electron chi connectivity index (χ2n) is 7.15. The average molecular weight is 299 g/mol. The smallest absolute Gasteiger partial charge is 0.451 e. The molecule has 0 aliphatic carbocycles. The van der Waals surface area contributed by atoms with Crippen molar-refractivity contribution in [2.45, 2.75) is 46.4 Å². The summed E-state index contributed by atoms with van der Waals surface area (Å²) in [4.78, 5) is 25.2. The molecule has 2 atom stereocenters. The first-order valence-electron chi connectivity index (χ1n) is 7.47. The fourth-order valence-corrected chi connectivity index (χ4v) is 2.78. The molecule has 1 saturated heterocycles. The number of carboxylic acid groups (broad SMARTS) is 1. The Morgan fingerprint density at radius 2 is 1.86 bits per heavy atom. The fraction of sp³-hybridized carbons (Fsp3) is 0.857. The number of amides is 1. The highest BCUT2D eigenvalue weighted by Crippen LogP contribution is 2.30. The summed E-state index contributed by atoms with van der Waals surface area (Å²) < 4.78 is 0. The molecule has 0 aromatic carbocycles. The number of carbonyl (C=O) groups is 2. The molecular formula is C14H26BNO5. The van der Waals surface area contributed by atoms with Gasteiger partial charge in [-0.1, -0.05) is 27.2 Å². The molecule has 0 aromatic rings. The Balaban J connectivity index is 2.59. The molecule has 0 aromatic heterocycles. The summed E-state index contributed by atoms with van der Waals surface area (Å²) in [7, 11) is -1.35. The number of hydrogen-bond acceptors (Lipinski definition) is 4.